The predicted molar refractivity (Wildman–Crippen MR) is 95.4 cm³/mol. The van der Waals surface area contributed by atoms with Gasteiger partial charge in [-0.2, -0.15) is 11.8 Å². The number of rotatable bonds is 8. The van der Waals surface area contributed by atoms with Crippen LogP contribution in [0.5, 0.6) is 0 Å². The van der Waals surface area contributed by atoms with Crippen LogP contribution in [-0.2, 0) is 15.3 Å². The number of nitrogens with two attached hydrogens (primary N) is 1. The first-order valence-corrected chi connectivity index (χ1v) is 7.56. The molecule has 4 N–H and O–H groups in total. The maximum absolute atomic E-state index is 11.4. The normalized spacial score (nSPS) is 10.8. The number of carboxylic acid groups (broad SMARTS) is 1. The molecule has 0 bridgehead atoms. The Kier molecular flexibility index (Phi) is 13.8. The van der Waals surface area contributed by atoms with Crippen LogP contribution >= 0.6 is 49.2 Å². The zero-order valence-corrected chi connectivity index (χ0v) is 14.9. The highest BCUT2D eigenvalue weighted by atomic mass is 35.5. The average molecular weight is 388 g/mol. The maximum atomic E-state index is 11.4. The molecule has 0 unspecified atom stereocenters. The molecule has 1 amide bonds. The van der Waals surface area contributed by atoms with E-state index in [-0.39, 0.29) is 31.2 Å². The third-order valence-corrected chi connectivity index (χ3v) is 3.76. The summed E-state index contributed by atoms with van der Waals surface area (Å²) in [6.07, 6.45) is 1.35. The zero-order valence-electron chi connectivity index (χ0n) is 11.6. The van der Waals surface area contributed by atoms with Crippen LogP contribution in [0.3, 0.4) is 0 Å². The summed E-state index contributed by atoms with van der Waals surface area (Å²) in [5.41, 5.74) is 6.32. The molecule has 0 fully saturated rings. The molecule has 1 aromatic rings. The molecule has 0 aliphatic rings. The van der Waals surface area contributed by atoms with E-state index in [1.807, 2.05) is 12.1 Å². The van der Waals surface area contributed by atoms with E-state index >= 15 is 0 Å². The largest absolute Gasteiger partial charge is 0.481 e. The molecule has 1 heterocycles. The minimum Gasteiger partial charge on any atom is -0.481 e. The first-order chi connectivity index (χ1) is 9.50. The Hall–Kier alpha value is -0.670. The first kappa shape index (κ1) is 23.6. The number of halogens is 2. The van der Waals surface area contributed by atoms with E-state index in [0.717, 1.165) is 10.6 Å². The fourth-order valence-corrected chi connectivity index (χ4v) is 2.51. The molecule has 0 aliphatic carbocycles. The van der Waals surface area contributed by atoms with Crippen molar-refractivity contribution in [3.05, 3.63) is 24.0 Å². The summed E-state index contributed by atoms with van der Waals surface area (Å²) in [6.45, 7) is 0.436. The van der Waals surface area contributed by atoms with Crippen LogP contribution in [0.15, 0.2) is 23.2 Å². The number of pyridine rings is 1. The fourth-order valence-electron chi connectivity index (χ4n) is 1.37. The zero-order chi connectivity index (χ0) is 15.0. The maximum Gasteiger partial charge on any atom is 0.305 e. The van der Waals surface area contributed by atoms with Crippen LogP contribution in [0.2, 0.25) is 0 Å². The molecule has 126 valence electrons. The minimum atomic E-state index is -1.08. The van der Waals surface area contributed by atoms with Gasteiger partial charge in [0.2, 0.25) is 5.91 Å². The lowest BCUT2D eigenvalue weighted by molar-refractivity contribution is -0.139. The van der Waals surface area contributed by atoms with E-state index in [1.54, 1.807) is 18.0 Å². The molecule has 10 heteroatoms. The number of hydrogen-bond acceptors (Lipinski definition) is 6. The van der Waals surface area contributed by atoms with Gasteiger partial charge in [-0.05, 0) is 12.1 Å². The second-order valence-corrected chi connectivity index (χ2v) is 5.60. The molecular formula is C12H19Cl2N3O3S2. The number of nitrogens with one attached hydrogen (secondary N) is 1. The van der Waals surface area contributed by atoms with Crippen molar-refractivity contribution >= 4 is 61.1 Å². The topological polar surface area (TPSA) is 105 Å². The highest BCUT2D eigenvalue weighted by Crippen LogP contribution is 2.16. The molecule has 0 saturated carbocycles. The van der Waals surface area contributed by atoms with E-state index in [2.05, 4.69) is 22.9 Å². The molecule has 0 aromatic carbocycles. The SMILES string of the molecule is Cl.Cl.N[C@H](CC(=O)O)C(=O)NCCSCc1ncccc1S. The van der Waals surface area contributed by atoms with Gasteiger partial charge >= 0.3 is 5.97 Å². The fraction of sp³-hybridized carbons (Fsp3) is 0.417. The summed E-state index contributed by atoms with van der Waals surface area (Å²) < 4.78 is 0. The van der Waals surface area contributed by atoms with Gasteiger partial charge in [-0.1, -0.05) is 0 Å². The predicted octanol–water partition coefficient (Wildman–Crippen LogP) is 1.37. The Bertz CT molecular complexity index is 481. The molecule has 1 rings (SSSR count). The van der Waals surface area contributed by atoms with Crippen LogP contribution in [-0.4, -0.2) is 40.3 Å². The van der Waals surface area contributed by atoms with Crippen LogP contribution in [0.25, 0.3) is 0 Å². The van der Waals surface area contributed by atoms with Gasteiger partial charge in [-0.3, -0.25) is 14.6 Å². The van der Waals surface area contributed by atoms with E-state index in [1.165, 1.54) is 0 Å². The van der Waals surface area contributed by atoms with Crippen molar-refractivity contribution in [2.75, 3.05) is 12.3 Å². The Morgan fingerprint density at radius 2 is 2.14 bits per heavy atom. The van der Waals surface area contributed by atoms with Crippen LogP contribution in [0.1, 0.15) is 12.1 Å². The summed E-state index contributed by atoms with van der Waals surface area (Å²) in [5, 5.41) is 11.1. The molecular weight excluding hydrogens is 369 g/mol. The van der Waals surface area contributed by atoms with Crippen LogP contribution < -0.4 is 11.1 Å². The Morgan fingerprint density at radius 3 is 2.73 bits per heavy atom. The summed E-state index contributed by atoms with van der Waals surface area (Å²) >= 11 is 5.90. The lowest BCUT2D eigenvalue weighted by atomic mass is 10.2. The molecule has 1 atom stereocenters. The van der Waals surface area contributed by atoms with Gasteiger partial charge in [-0.25, -0.2) is 0 Å². The molecule has 1 aromatic heterocycles. The van der Waals surface area contributed by atoms with Gasteiger partial charge in [0.05, 0.1) is 18.2 Å². The summed E-state index contributed by atoms with van der Waals surface area (Å²) in [5.74, 6) is -0.134. The second kappa shape index (κ2) is 12.8. The molecule has 0 aliphatic heterocycles. The van der Waals surface area contributed by atoms with Crippen molar-refractivity contribution in [1.29, 1.82) is 0 Å². The number of aliphatic carboxylic acids is 1. The van der Waals surface area contributed by atoms with E-state index < -0.39 is 17.9 Å². The lowest BCUT2D eigenvalue weighted by Crippen LogP contribution is -2.42. The summed E-state index contributed by atoms with van der Waals surface area (Å²) in [4.78, 5) is 26.9. The van der Waals surface area contributed by atoms with Crippen molar-refractivity contribution in [2.45, 2.75) is 23.1 Å². The Balaban J connectivity index is 0. The second-order valence-electron chi connectivity index (χ2n) is 4.02. The average Bonchev–Trinajstić information content (AvgIpc) is 2.39. The molecule has 0 radical (unpaired) electrons. The van der Waals surface area contributed by atoms with Gasteiger partial charge in [0, 0.05) is 29.1 Å². The number of carboxylic acids is 1. The van der Waals surface area contributed by atoms with Crippen molar-refractivity contribution < 1.29 is 14.7 Å². The quantitative estimate of drug-likeness (QED) is 0.396. The Morgan fingerprint density at radius 1 is 1.45 bits per heavy atom. The number of nitrogens with zero attached hydrogens (tertiary/aromatic N) is 1. The van der Waals surface area contributed by atoms with Gasteiger partial charge in [0.1, 0.15) is 0 Å². The Labute approximate surface area is 151 Å². The number of amides is 1. The van der Waals surface area contributed by atoms with Crippen molar-refractivity contribution in [3.8, 4) is 0 Å². The monoisotopic (exact) mass is 387 g/mol. The molecule has 22 heavy (non-hydrogen) atoms. The standard InChI is InChI=1S/C12H17N3O3S2.2ClH/c13-8(6-11(16)17)12(18)15-4-5-20-7-9-10(19)2-1-3-14-9;;/h1-3,8,19H,4-7,13H2,(H,15,18)(H,16,17);2*1H/t8-;;/m1../s1. The third kappa shape index (κ3) is 9.37. The van der Waals surface area contributed by atoms with Crippen molar-refractivity contribution in [3.63, 3.8) is 0 Å². The molecule has 0 spiro atoms. The molecule has 6 nitrogen and oxygen atoms in total. The highest BCUT2D eigenvalue weighted by molar-refractivity contribution is 7.98. The van der Waals surface area contributed by atoms with Crippen LogP contribution in [0.4, 0.5) is 0 Å². The van der Waals surface area contributed by atoms with Gasteiger partial charge in [-0.15, -0.1) is 37.4 Å². The number of hydrogen-bond donors (Lipinski definition) is 4. The number of thioether (sulfide) groups is 1. The highest BCUT2D eigenvalue weighted by Gasteiger charge is 2.16. The van der Waals surface area contributed by atoms with E-state index in [9.17, 15) is 9.59 Å². The summed E-state index contributed by atoms with van der Waals surface area (Å²) in [7, 11) is 0. The van der Waals surface area contributed by atoms with Crippen molar-refractivity contribution in [2.24, 2.45) is 5.73 Å². The number of carbonyl (C=O) groups is 2. The number of aromatic nitrogens is 1. The molecule has 0 saturated heterocycles. The van der Waals surface area contributed by atoms with Crippen molar-refractivity contribution in [1.82, 2.24) is 10.3 Å². The lowest BCUT2D eigenvalue weighted by Gasteiger charge is -2.10. The summed E-state index contributed by atoms with van der Waals surface area (Å²) in [6, 6.07) is 2.69. The van der Waals surface area contributed by atoms with E-state index in [0.29, 0.717) is 18.1 Å². The van der Waals surface area contributed by atoms with Gasteiger partial charge < -0.3 is 16.2 Å². The minimum absolute atomic E-state index is 0. The first-order valence-electron chi connectivity index (χ1n) is 5.96. The van der Waals surface area contributed by atoms with E-state index in [4.69, 9.17) is 10.8 Å². The van der Waals surface area contributed by atoms with Crippen LogP contribution in [0, 0.1) is 0 Å². The van der Waals surface area contributed by atoms with Gasteiger partial charge in [0.25, 0.3) is 0 Å². The number of carbonyl (C=O) groups excluding carboxylic acids is 1. The third-order valence-electron chi connectivity index (χ3n) is 2.38. The van der Waals surface area contributed by atoms with Gasteiger partial charge in [0.15, 0.2) is 0 Å². The number of thiol groups is 1. The smallest absolute Gasteiger partial charge is 0.305 e.